The van der Waals surface area contributed by atoms with E-state index in [9.17, 15) is 13.6 Å². The molecule has 0 unspecified atom stereocenters. The Labute approximate surface area is 50.8 Å². The van der Waals surface area contributed by atoms with Crippen molar-refractivity contribution in [1.29, 1.82) is 0 Å². The normalized spacial score (nSPS) is 18.1. The van der Waals surface area contributed by atoms with Crippen molar-refractivity contribution in [3.8, 4) is 0 Å². The predicted molar refractivity (Wildman–Crippen MR) is 25.1 cm³/mol. The van der Waals surface area contributed by atoms with E-state index < -0.39 is 12.4 Å². The van der Waals surface area contributed by atoms with Gasteiger partial charge in [-0.25, -0.2) is 4.79 Å². The van der Waals surface area contributed by atoms with Crippen molar-refractivity contribution < 1.29 is 18.3 Å². The molecule has 0 N–H and O–H groups in total. The minimum atomic E-state index is -2.97. The molecule has 0 radical (unpaired) electrons. The molecular formula is C5H6F2O2. The van der Waals surface area contributed by atoms with Gasteiger partial charge in [0.1, 0.15) is 6.10 Å². The summed E-state index contributed by atoms with van der Waals surface area (Å²) in [6, 6.07) is 0. The van der Waals surface area contributed by atoms with Crippen LogP contribution in [0.5, 0.6) is 0 Å². The van der Waals surface area contributed by atoms with Crippen molar-refractivity contribution in [2.24, 2.45) is 0 Å². The summed E-state index contributed by atoms with van der Waals surface area (Å²) in [5.74, 6) is -1.39. The molecule has 9 heavy (non-hydrogen) atoms. The Morgan fingerprint density at radius 3 is 2.44 bits per heavy atom. The Kier molecular flexibility index (Phi) is 1.64. The summed E-state index contributed by atoms with van der Waals surface area (Å²) in [7, 11) is 0. The van der Waals surface area contributed by atoms with Gasteiger partial charge in [0.2, 0.25) is 0 Å². The number of carbonyl (C=O) groups is 1. The van der Waals surface area contributed by atoms with Gasteiger partial charge in [0, 0.05) is 0 Å². The fourth-order valence-electron chi connectivity index (χ4n) is 0.402. The molecule has 0 spiro atoms. The molecule has 1 rings (SSSR count). The van der Waals surface area contributed by atoms with E-state index in [1.165, 1.54) is 0 Å². The highest BCUT2D eigenvalue weighted by Gasteiger charge is 2.29. The van der Waals surface area contributed by atoms with Crippen LogP contribution < -0.4 is 0 Å². The number of hydrogen-bond acceptors (Lipinski definition) is 2. The molecule has 0 saturated heterocycles. The Hall–Kier alpha value is -0.670. The van der Waals surface area contributed by atoms with E-state index in [1.54, 1.807) is 0 Å². The van der Waals surface area contributed by atoms with Crippen LogP contribution in [0.15, 0.2) is 0 Å². The Bertz CT molecular complexity index is 120. The van der Waals surface area contributed by atoms with Crippen molar-refractivity contribution in [3.05, 3.63) is 0 Å². The van der Waals surface area contributed by atoms with E-state index in [0.717, 1.165) is 12.8 Å². The lowest BCUT2D eigenvalue weighted by molar-refractivity contribution is -0.157. The third kappa shape index (κ3) is 1.95. The lowest BCUT2D eigenvalue weighted by Crippen LogP contribution is -2.14. The molecule has 1 aliphatic carbocycles. The van der Waals surface area contributed by atoms with Crippen molar-refractivity contribution in [1.82, 2.24) is 0 Å². The molecule has 2 nitrogen and oxygen atoms in total. The molecule has 52 valence electrons. The quantitative estimate of drug-likeness (QED) is 0.528. The number of esters is 1. The number of carbonyl (C=O) groups excluding carboxylic acids is 1. The predicted octanol–water partition coefficient (Wildman–Crippen LogP) is 0.957. The van der Waals surface area contributed by atoms with Crippen LogP contribution in [-0.4, -0.2) is 18.5 Å². The summed E-state index contributed by atoms with van der Waals surface area (Å²) in [6.45, 7) is 0. The van der Waals surface area contributed by atoms with Gasteiger partial charge in [0.25, 0.3) is 0 Å². The van der Waals surface area contributed by atoms with Gasteiger partial charge in [-0.1, -0.05) is 0 Å². The number of alkyl halides is 2. The molecule has 0 heterocycles. The second kappa shape index (κ2) is 2.29. The maximum absolute atomic E-state index is 11.3. The molecule has 4 heteroatoms. The average Bonchev–Trinajstić information content (AvgIpc) is 2.50. The second-order valence-electron chi connectivity index (χ2n) is 1.94. The van der Waals surface area contributed by atoms with Gasteiger partial charge < -0.3 is 4.74 Å². The smallest absolute Gasteiger partial charge is 0.374 e. The largest absolute Gasteiger partial charge is 0.458 e. The molecule has 0 aromatic rings. The molecule has 0 atom stereocenters. The topological polar surface area (TPSA) is 26.3 Å². The molecule has 1 fully saturated rings. The average molecular weight is 136 g/mol. The van der Waals surface area contributed by atoms with E-state index in [4.69, 9.17) is 0 Å². The van der Waals surface area contributed by atoms with Crippen molar-refractivity contribution in [3.63, 3.8) is 0 Å². The van der Waals surface area contributed by atoms with Crippen LogP contribution in [-0.2, 0) is 9.53 Å². The Balaban J connectivity index is 2.17. The van der Waals surface area contributed by atoms with Gasteiger partial charge in [-0.15, -0.1) is 0 Å². The maximum atomic E-state index is 11.3. The maximum Gasteiger partial charge on any atom is 0.374 e. The lowest BCUT2D eigenvalue weighted by Gasteiger charge is -1.98. The summed E-state index contributed by atoms with van der Waals surface area (Å²) in [5.41, 5.74) is 0. The number of halogens is 2. The van der Waals surface area contributed by atoms with Crippen LogP contribution >= 0.6 is 0 Å². The Morgan fingerprint density at radius 2 is 2.11 bits per heavy atom. The summed E-state index contributed by atoms with van der Waals surface area (Å²) >= 11 is 0. The van der Waals surface area contributed by atoms with Gasteiger partial charge >= 0.3 is 12.4 Å². The van der Waals surface area contributed by atoms with Crippen LogP contribution in [0.2, 0.25) is 0 Å². The zero-order valence-corrected chi connectivity index (χ0v) is 4.64. The first-order valence-corrected chi connectivity index (χ1v) is 2.69. The molecule has 1 saturated carbocycles. The lowest BCUT2D eigenvalue weighted by atomic mass is 10.7. The SMILES string of the molecule is O=C(OC1CC1)C(F)F. The Morgan fingerprint density at radius 1 is 1.56 bits per heavy atom. The van der Waals surface area contributed by atoms with Gasteiger partial charge in [0.15, 0.2) is 0 Å². The summed E-state index contributed by atoms with van der Waals surface area (Å²) in [6.07, 6.45) is -1.71. The fourth-order valence-corrected chi connectivity index (χ4v) is 0.402. The number of hydrogen-bond donors (Lipinski definition) is 0. The molecule has 0 amide bonds. The van der Waals surface area contributed by atoms with Crippen LogP contribution in [0.4, 0.5) is 8.78 Å². The highest BCUT2D eigenvalue weighted by Crippen LogP contribution is 2.24. The van der Waals surface area contributed by atoms with Crippen molar-refractivity contribution >= 4 is 5.97 Å². The van der Waals surface area contributed by atoms with E-state index >= 15 is 0 Å². The molecule has 0 bridgehead atoms. The first-order chi connectivity index (χ1) is 4.20. The molecule has 0 aliphatic heterocycles. The van der Waals surface area contributed by atoms with E-state index in [2.05, 4.69) is 4.74 Å². The molecular weight excluding hydrogens is 130 g/mol. The van der Waals surface area contributed by atoms with Crippen LogP contribution in [0.3, 0.4) is 0 Å². The monoisotopic (exact) mass is 136 g/mol. The number of rotatable bonds is 2. The minimum Gasteiger partial charge on any atom is -0.458 e. The molecule has 0 aromatic carbocycles. The van der Waals surface area contributed by atoms with Gasteiger partial charge in [0.05, 0.1) is 0 Å². The second-order valence-corrected chi connectivity index (χ2v) is 1.94. The summed E-state index contributed by atoms with van der Waals surface area (Å²) < 4.78 is 26.9. The summed E-state index contributed by atoms with van der Waals surface area (Å²) in [4.78, 5) is 10.0. The zero-order chi connectivity index (χ0) is 6.85. The van der Waals surface area contributed by atoms with E-state index in [1.807, 2.05) is 0 Å². The van der Waals surface area contributed by atoms with Gasteiger partial charge in [-0.05, 0) is 12.8 Å². The highest BCUT2D eigenvalue weighted by molar-refractivity contribution is 5.73. The van der Waals surface area contributed by atoms with E-state index in [-0.39, 0.29) is 6.10 Å². The van der Waals surface area contributed by atoms with Crippen LogP contribution in [0.25, 0.3) is 0 Å². The first kappa shape index (κ1) is 6.45. The number of ether oxygens (including phenoxy) is 1. The van der Waals surface area contributed by atoms with Crippen LogP contribution in [0.1, 0.15) is 12.8 Å². The first-order valence-electron chi connectivity index (χ1n) is 2.69. The minimum absolute atomic E-state index is 0.216. The third-order valence-corrected chi connectivity index (χ3v) is 0.985. The molecule has 0 aromatic heterocycles. The van der Waals surface area contributed by atoms with Crippen molar-refractivity contribution in [2.75, 3.05) is 0 Å². The van der Waals surface area contributed by atoms with E-state index in [0.29, 0.717) is 0 Å². The van der Waals surface area contributed by atoms with Crippen molar-refractivity contribution in [2.45, 2.75) is 25.4 Å². The van der Waals surface area contributed by atoms with Crippen LogP contribution in [0, 0.1) is 0 Å². The van der Waals surface area contributed by atoms with Gasteiger partial charge in [-0.2, -0.15) is 8.78 Å². The fraction of sp³-hybridized carbons (Fsp3) is 0.800. The molecule has 1 aliphatic rings. The standard InChI is InChI=1S/C5H6F2O2/c6-4(7)5(8)9-3-1-2-3/h3-4H,1-2H2. The highest BCUT2D eigenvalue weighted by atomic mass is 19.3. The zero-order valence-electron chi connectivity index (χ0n) is 4.64. The summed E-state index contributed by atoms with van der Waals surface area (Å²) in [5, 5.41) is 0. The third-order valence-electron chi connectivity index (χ3n) is 0.985. The van der Waals surface area contributed by atoms with Gasteiger partial charge in [-0.3, -0.25) is 0 Å².